The standard InChI is InChI=1S/C26H29N5O4/c1-5-34-16-15-29-24(32)22-23(28(4)26(29)33)27-25-30(17(2)18(3)31(22)25)19-11-13-21(14-12-19)35-20-9-7-6-8-10-20/h6-14,22-23H,5,15-16H2,1-4H3. The topological polar surface area (TPSA) is 77.9 Å². The number of urea groups is 1. The van der Waals surface area contributed by atoms with E-state index >= 15 is 0 Å². The summed E-state index contributed by atoms with van der Waals surface area (Å²) in [6, 6.07) is 16.4. The molecule has 0 aromatic heterocycles. The van der Waals surface area contributed by atoms with Crippen LogP contribution in [0.15, 0.2) is 71.0 Å². The number of hydrogen-bond acceptors (Lipinski definition) is 7. The molecule has 0 radical (unpaired) electrons. The number of rotatable bonds is 7. The van der Waals surface area contributed by atoms with Gasteiger partial charge >= 0.3 is 6.03 Å². The number of carbonyl (C=O) groups excluding carboxylic acids is 2. The van der Waals surface area contributed by atoms with Crippen molar-refractivity contribution in [3.05, 3.63) is 66.0 Å². The third kappa shape index (κ3) is 3.81. The molecule has 0 aliphatic carbocycles. The van der Waals surface area contributed by atoms with Crippen LogP contribution in [0.25, 0.3) is 0 Å². The highest BCUT2D eigenvalue weighted by Gasteiger charge is 2.55. The number of amides is 3. The second-order valence-electron chi connectivity index (χ2n) is 8.65. The van der Waals surface area contributed by atoms with Gasteiger partial charge in [-0.05, 0) is 57.2 Å². The van der Waals surface area contributed by atoms with Crippen molar-refractivity contribution >= 4 is 23.6 Å². The maximum Gasteiger partial charge on any atom is 0.328 e. The molecule has 2 aromatic rings. The molecular weight excluding hydrogens is 446 g/mol. The summed E-state index contributed by atoms with van der Waals surface area (Å²) in [5, 5.41) is 0. The van der Waals surface area contributed by atoms with Crippen LogP contribution in [0.1, 0.15) is 20.8 Å². The van der Waals surface area contributed by atoms with E-state index in [2.05, 4.69) is 0 Å². The number of likely N-dealkylation sites (N-methyl/N-ethyl adjacent to an activating group) is 1. The largest absolute Gasteiger partial charge is 0.457 e. The first kappa shape index (κ1) is 22.9. The van der Waals surface area contributed by atoms with Crippen LogP contribution in [-0.4, -0.2) is 71.6 Å². The summed E-state index contributed by atoms with van der Waals surface area (Å²) in [4.78, 5) is 38.0. The molecule has 9 heteroatoms. The highest BCUT2D eigenvalue weighted by atomic mass is 16.5. The first-order valence-electron chi connectivity index (χ1n) is 11.8. The van der Waals surface area contributed by atoms with Crippen LogP contribution in [0.4, 0.5) is 10.5 Å². The molecule has 2 atom stereocenters. The van der Waals surface area contributed by atoms with Gasteiger partial charge in [-0.3, -0.25) is 19.5 Å². The minimum absolute atomic E-state index is 0.219. The molecule has 3 aliphatic rings. The van der Waals surface area contributed by atoms with Crippen LogP contribution in [-0.2, 0) is 9.53 Å². The lowest BCUT2D eigenvalue weighted by Crippen LogP contribution is -2.65. The van der Waals surface area contributed by atoms with E-state index < -0.39 is 12.2 Å². The lowest BCUT2D eigenvalue weighted by atomic mass is 10.1. The van der Waals surface area contributed by atoms with Crippen LogP contribution >= 0.6 is 0 Å². The van der Waals surface area contributed by atoms with Crippen molar-refractivity contribution in [2.75, 3.05) is 31.7 Å². The van der Waals surface area contributed by atoms with Gasteiger partial charge in [-0.15, -0.1) is 0 Å². The second-order valence-corrected chi connectivity index (χ2v) is 8.65. The van der Waals surface area contributed by atoms with Gasteiger partial charge in [0.1, 0.15) is 11.5 Å². The van der Waals surface area contributed by atoms with Gasteiger partial charge in [-0.25, -0.2) is 9.79 Å². The minimum Gasteiger partial charge on any atom is -0.457 e. The van der Waals surface area contributed by atoms with E-state index in [1.165, 1.54) is 4.90 Å². The molecule has 35 heavy (non-hydrogen) atoms. The zero-order chi connectivity index (χ0) is 24.7. The van der Waals surface area contributed by atoms with Crippen LogP contribution in [0.2, 0.25) is 0 Å². The maximum absolute atomic E-state index is 13.5. The van der Waals surface area contributed by atoms with Crippen LogP contribution in [0.5, 0.6) is 11.5 Å². The van der Waals surface area contributed by atoms with Crippen molar-refractivity contribution in [2.45, 2.75) is 33.0 Å². The van der Waals surface area contributed by atoms with Crippen molar-refractivity contribution in [2.24, 2.45) is 4.99 Å². The summed E-state index contributed by atoms with van der Waals surface area (Å²) < 4.78 is 11.3. The monoisotopic (exact) mass is 475 g/mol. The molecule has 2 aromatic carbocycles. The Morgan fingerprint density at radius 1 is 0.943 bits per heavy atom. The van der Waals surface area contributed by atoms with Gasteiger partial charge in [0.25, 0.3) is 5.91 Å². The number of anilines is 1. The quantitative estimate of drug-likeness (QED) is 0.566. The number of benzene rings is 2. The lowest BCUT2D eigenvalue weighted by molar-refractivity contribution is -0.137. The fourth-order valence-corrected chi connectivity index (χ4v) is 4.72. The SMILES string of the molecule is CCOCCN1C(=O)C2C(N=C3N(c4ccc(Oc5ccccc5)cc4)C(C)=C(C)N32)N(C)C1=O. The molecule has 0 bridgehead atoms. The molecule has 5 rings (SSSR count). The van der Waals surface area contributed by atoms with E-state index in [0.717, 1.165) is 28.6 Å². The van der Waals surface area contributed by atoms with Gasteiger partial charge in [0.15, 0.2) is 12.2 Å². The van der Waals surface area contributed by atoms with E-state index in [0.29, 0.717) is 19.2 Å². The molecule has 9 nitrogen and oxygen atoms in total. The van der Waals surface area contributed by atoms with E-state index in [4.69, 9.17) is 14.5 Å². The zero-order valence-corrected chi connectivity index (χ0v) is 20.3. The highest BCUT2D eigenvalue weighted by Crippen LogP contribution is 2.40. The number of carbonyl (C=O) groups is 2. The number of allylic oxidation sites excluding steroid dienone is 2. The van der Waals surface area contributed by atoms with Crippen molar-refractivity contribution in [3.63, 3.8) is 0 Å². The number of para-hydroxylation sites is 1. The molecule has 182 valence electrons. The highest BCUT2D eigenvalue weighted by molar-refractivity contribution is 6.10. The van der Waals surface area contributed by atoms with Crippen LogP contribution in [0, 0.1) is 0 Å². The van der Waals surface area contributed by atoms with Crippen LogP contribution in [0.3, 0.4) is 0 Å². The Morgan fingerprint density at radius 2 is 1.63 bits per heavy atom. The fraction of sp³-hybridized carbons (Fsp3) is 0.346. The lowest BCUT2D eigenvalue weighted by Gasteiger charge is -2.40. The zero-order valence-electron chi connectivity index (χ0n) is 20.3. The third-order valence-electron chi connectivity index (χ3n) is 6.63. The molecule has 1 saturated heterocycles. The van der Waals surface area contributed by atoms with E-state index in [-0.39, 0.29) is 18.5 Å². The second kappa shape index (κ2) is 9.07. The third-order valence-corrected chi connectivity index (χ3v) is 6.63. The molecule has 3 amide bonds. The number of hydrogen-bond donors (Lipinski definition) is 0. The normalized spacial score (nSPS) is 21.5. The van der Waals surface area contributed by atoms with Crippen molar-refractivity contribution in [1.29, 1.82) is 0 Å². The Kier molecular flexibility index (Phi) is 5.94. The smallest absolute Gasteiger partial charge is 0.328 e. The summed E-state index contributed by atoms with van der Waals surface area (Å²) >= 11 is 0. The predicted molar refractivity (Wildman–Crippen MR) is 132 cm³/mol. The van der Waals surface area contributed by atoms with E-state index in [9.17, 15) is 9.59 Å². The first-order valence-corrected chi connectivity index (χ1v) is 11.8. The van der Waals surface area contributed by atoms with Gasteiger partial charge < -0.3 is 14.4 Å². The molecule has 2 unspecified atom stereocenters. The Hall–Kier alpha value is -3.85. The van der Waals surface area contributed by atoms with Gasteiger partial charge in [0.2, 0.25) is 5.96 Å². The average Bonchev–Trinajstić information content (AvgIpc) is 3.36. The number of guanidine groups is 1. The first-order chi connectivity index (χ1) is 16.9. The molecular formula is C26H29N5O4. The minimum atomic E-state index is -0.602. The summed E-state index contributed by atoms with van der Waals surface area (Å²) in [5.41, 5.74) is 2.81. The number of ether oxygens (including phenoxy) is 2. The molecule has 0 saturated carbocycles. The van der Waals surface area contributed by atoms with Crippen LogP contribution < -0.4 is 9.64 Å². The van der Waals surface area contributed by atoms with E-state index in [1.54, 1.807) is 11.9 Å². The van der Waals surface area contributed by atoms with Crippen molar-refractivity contribution < 1.29 is 19.1 Å². The summed E-state index contributed by atoms with van der Waals surface area (Å²) in [6.45, 7) is 6.93. The fourth-order valence-electron chi connectivity index (χ4n) is 4.72. The maximum atomic E-state index is 13.5. The number of fused-ring (bicyclic) bond motifs is 3. The van der Waals surface area contributed by atoms with Crippen molar-refractivity contribution in [1.82, 2.24) is 14.7 Å². The number of imide groups is 1. The van der Waals surface area contributed by atoms with Gasteiger partial charge in [0, 0.05) is 30.7 Å². The summed E-state index contributed by atoms with van der Waals surface area (Å²) in [7, 11) is 1.69. The van der Waals surface area contributed by atoms with Crippen molar-refractivity contribution in [3.8, 4) is 11.5 Å². The molecule has 0 N–H and O–H groups in total. The van der Waals surface area contributed by atoms with Gasteiger partial charge in [-0.2, -0.15) is 0 Å². The predicted octanol–water partition coefficient (Wildman–Crippen LogP) is 3.85. The molecule has 3 heterocycles. The van der Waals surface area contributed by atoms with Gasteiger partial charge in [-0.1, -0.05) is 18.2 Å². The summed E-state index contributed by atoms with van der Waals surface area (Å²) in [6.07, 6.45) is -0.584. The molecule has 0 spiro atoms. The Labute approximate surface area is 204 Å². The Bertz CT molecular complexity index is 1190. The Morgan fingerprint density at radius 3 is 2.31 bits per heavy atom. The summed E-state index contributed by atoms with van der Waals surface area (Å²) in [5.74, 6) is 1.88. The molecule has 1 fully saturated rings. The number of aliphatic imine (C=N–C) groups is 1. The molecule has 3 aliphatic heterocycles. The van der Waals surface area contributed by atoms with Gasteiger partial charge in [0.05, 0.1) is 13.2 Å². The van der Waals surface area contributed by atoms with E-state index in [1.807, 2.05) is 85.2 Å². The number of nitrogens with zero attached hydrogens (tertiary/aromatic N) is 5. The Balaban J connectivity index is 1.41. The average molecular weight is 476 g/mol.